The number of hydrogen-bond acceptors (Lipinski definition) is 2. The van der Waals surface area contributed by atoms with Gasteiger partial charge in [0, 0.05) is 23.2 Å². The first-order valence-electron chi connectivity index (χ1n) is 6.04. The molecule has 0 spiro atoms. The summed E-state index contributed by atoms with van der Waals surface area (Å²) in [6.07, 6.45) is 2.66. The predicted octanol–water partition coefficient (Wildman–Crippen LogP) is 3.34. The lowest BCUT2D eigenvalue weighted by Crippen LogP contribution is -2.33. The summed E-state index contributed by atoms with van der Waals surface area (Å²) in [6.45, 7) is 3.82. The molecule has 2 nitrogen and oxygen atoms in total. The molecule has 2 N–H and O–H groups in total. The van der Waals surface area contributed by atoms with Crippen molar-refractivity contribution in [3.05, 3.63) is 65.5 Å². The highest BCUT2D eigenvalue weighted by molar-refractivity contribution is 5.31. The van der Waals surface area contributed by atoms with E-state index in [9.17, 15) is 8.78 Å². The van der Waals surface area contributed by atoms with E-state index >= 15 is 0 Å². The standard InChI is InChI=1S/C15H16F2N2/c1-15(2,10-3-5-11(16)6-4-10)14(18)12-7-8-19-9-13(12)17/h3-9,14H,18H2,1-2H3. The number of benzene rings is 1. The predicted molar refractivity (Wildman–Crippen MR) is 70.5 cm³/mol. The fraction of sp³-hybridized carbons (Fsp3) is 0.267. The van der Waals surface area contributed by atoms with Crippen LogP contribution in [-0.2, 0) is 5.41 Å². The van der Waals surface area contributed by atoms with E-state index in [2.05, 4.69) is 4.98 Å². The summed E-state index contributed by atoms with van der Waals surface area (Å²) < 4.78 is 26.7. The third kappa shape index (κ3) is 2.63. The summed E-state index contributed by atoms with van der Waals surface area (Å²) in [5.41, 5.74) is 6.93. The molecule has 0 saturated heterocycles. The maximum absolute atomic E-state index is 13.7. The third-order valence-electron chi connectivity index (χ3n) is 3.50. The Kier molecular flexibility index (Phi) is 3.62. The van der Waals surface area contributed by atoms with Gasteiger partial charge in [-0.3, -0.25) is 4.98 Å². The Morgan fingerprint density at radius 1 is 1.11 bits per heavy atom. The first-order chi connectivity index (χ1) is 8.93. The lowest BCUT2D eigenvalue weighted by molar-refractivity contribution is 0.405. The highest BCUT2D eigenvalue weighted by Crippen LogP contribution is 2.35. The molecule has 0 aliphatic carbocycles. The van der Waals surface area contributed by atoms with Crippen molar-refractivity contribution in [3.8, 4) is 0 Å². The van der Waals surface area contributed by atoms with E-state index in [4.69, 9.17) is 5.73 Å². The summed E-state index contributed by atoms with van der Waals surface area (Å²) >= 11 is 0. The van der Waals surface area contributed by atoms with Crippen molar-refractivity contribution in [3.63, 3.8) is 0 Å². The van der Waals surface area contributed by atoms with Crippen LogP contribution in [0.4, 0.5) is 8.78 Å². The molecular formula is C15H16F2N2. The second kappa shape index (κ2) is 5.05. The van der Waals surface area contributed by atoms with E-state index in [1.807, 2.05) is 13.8 Å². The van der Waals surface area contributed by atoms with Gasteiger partial charge in [-0.1, -0.05) is 26.0 Å². The van der Waals surface area contributed by atoms with Crippen LogP contribution in [0.15, 0.2) is 42.7 Å². The lowest BCUT2D eigenvalue weighted by atomic mass is 9.75. The van der Waals surface area contributed by atoms with Gasteiger partial charge in [0.05, 0.1) is 6.20 Å². The number of halogens is 2. The van der Waals surface area contributed by atoms with E-state index in [0.717, 1.165) is 11.8 Å². The molecule has 0 bridgehead atoms. The van der Waals surface area contributed by atoms with E-state index in [1.165, 1.54) is 18.3 Å². The average Bonchev–Trinajstić information content (AvgIpc) is 2.39. The smallest absolute Gasteiger partial charge is 0.146 e. The summed E-state index contributed by atoms with van der Waals surface area (Å²) in [4.78, 5) is 3.71. The Morgan fingerprint density at radius 2 is 1.74 bits per heavy atom. The topological polar surface area (TPSA) is 38.9 Å². The van der Waals surface area contributed by atoms with Crippen LogP contribution in [0.25, 0.3) is 0 Å². The number of nitrogens with zero attached hydrogens (tertiary/aromatic N) is 1. The number of hydrogen-bond donors (Lipinski definition) is 1. The number of nitrogens with two attached hydrogens (primary N) is 1. The highest BCUT2D eigenvalue weighted by Gasteiger charge is 2.31. The van der Waals surface area contributed by atoms with E-state index < -0.39 is 17.3 Å². The highest BCUT2D eigenvalue weighted by atomic mass is 19.1. The average molecular weight is 262 g/mol. The maximum atomic E-state index is 13.7. The molecular weight excluding hydrogens is 246 g/mol. The van der Waals surface area contributed by atoms with Crippen LogP contribution < -0.4 is 5.73 Å². The first kappa shape index (κ1) is 13.6. The minimum atomic E-state index is -0.541. The van der Waals surface area contributed by atoms with Crippen LogP contribution in [0.3, 0.4) is 0 Å². The van der Waals surface area contributed by atoms with Gasteiger partial charge in [-0.05, 0) is 23.8 Å². The zero-order valence-corrected chi connectivity index (χ0v) is 10.9. The lowest BCUT2D eigenvalue weighted by Gasteiger charge is -2.32. The summed E-state index contributed by atoms with van der Waals surface area (Å²) in [6, 6.07) is 7.15. The van der Waals surface area contributed by atoms with Crippen molar-refractivity contribution in [1.82, 2.24) is 4.98 Å². The fourth-order valence-electron chi connectivity index (χ4n) is 2.09. The second-order valence-corrected chi connectivity index (χ2v) is 5.10. The van der Waals surface area contributed by atoms with Crippen molar-refractivity contribution in [2.45, 2.75) is 25.3 Å². The monoisotopic (exact) mass is 262 g/mol. The van der Waals surface area contributed by atoms with E-state index in [0.29, 0.717) is 5.56 Å². The summed E-state index contributed by atoms with van der Waals surface area (Å²) in [5, 5.41) is 0. The Labute approximate surface area is 111 Å². The first-order valence-corrected chi connectivity index (χ1v) is 6.04. The minimum absolute atomic E-state index is 0.303. The SMILES string of the molecule is CC(C)(c1ccc(F)cc1)C(N)c1ccncc1F. The second-order valence-electron chi connectivity index (χ2n) is 5.10. The molecule has 0 saturated carbocycles. The van der Waals surface area contributed by atoms with Crippen LogP contribution in [-0.4, -0.2) is 4.98 Å². The molecule has 0 radical (unpaired) electrons. The largest absolute Gasteiger partial charge is 0.323 e. The van der Waals surface area contributed by atoms with Gasteiger partial charge < -0.3 is 5.73 Å². The molecule has 0 fully saturated rings. The van der Waals surface area contributed by atoms with Crippen LogP contribution in [0.1, 0.15) is 31.0 Å². The number of pyridine rings is 1. The van der Waals surface area contributed by atoms with Gasteiger partial charge in [-0.2, -0.15) is 0 Å². The Balaban J connectivity index is 2.39. The van der Waals surface area contributed by atoms with E-state index in [-0.39, 0.29) is 5.82 Å². The van der Waals surface area contributed by atoms with Gasteiger partial charge in [0.25, 0.3) is 0 Å². The molecule has 1 heterocycles. The van der Waals surface area contributed by atoms with Gasteiger partial charge in [-0.25, -0.2) is 8.78 Å². The number of aromatic nitrogens is 1. The fourth-order valence-corrected chi connectivity index (χ4v) is 2.09. The molecule has 4 heteroatoms. The molecule has 2 rings (SSSR count). The molecule has 100 valence electrons. The van der Waals surface area contributed by atoms with Crippen molar-refractivity contribution in [2.75, 3.05) is 0 Å². The Hall–Kier alpha value is -1.81. The van der Waals surface area contributed by atoms with Crippen molar-refractivity contribution in [2.24, 2.45) is 5.73 Å². The molecule has 1 atom stereocenters. The molecule has 0 aliphatic rings. The molecule has 1 unspecified atom stereocenters. The van der Waals surface area contributed by atoms with Crippen molar-refractivity contribution in [1.29, 1.82) is 0 Å². The van der Waals surface area contributed by atoms with Crippen LogP contribution in [0.2, 0.25) is 0 Å². The van der Waals surface area contributed by atoms with Crippen molar-refractivity contribution >= 4 is 0 Å². The van der Waals surface area contributed by atoms with Gasteiger partial charge in [0.2, 0.25) is 0 Å². The van der Waals surface area contributed by atoms with Gasteiger partial charge >= 0.3 is 0 Å². The van der Waals surface area contributed by atoms with Gasteiger partial charge in [0.15, 0.2) is 0 Å². The zero-order chi connectivity index (χ0) is 14.0. The molecule has 0 amide bonds. The quantitative estimate of drug-likeness (QED) is 0.921. The summed E-state index contributed by atoms with van der Waals surface area (Å²) in [7, 11) is 0. The number of rotatable bonds is 3. The maximum Gasteiger partial charge on any atom is 0.146 e. The zero-order valence-electron chi connectivity index (χ0n) is 10.9. The third-order valence-corrected chi connectivity index (χ3v) is 3.50. The summed E-state index contributed by atoms with van der Waals surface area (Å²) in [5.74, 6) is -0.728. The molecule has 19 heavy (non-hydrogen) atoms. The molecule has 2 aromatic rings. The van der Waals surface area contributed by atoms with Crippen molar-refractivity contribution < 1.29 is 8.78 Å². The van der Waals surface area contributed by atoms with Crippen LogP contribution in [0, 0.1) is 11.6 Å². The Bertz CT molecular complexity index is 565. The molecule has 1 aromatic carbocycles. The normalized spacial score (nSPS) is 13.3. The van der Waals surface area contributed by atoms with Gasteiger partial charge in [-0.15, -0.1) is 0 Å². The molecule has 1 aromatic heterocycles. The van der Waals surface area contributed by atoms with Gasteiger partial charge in [0.1, 0.15) is 11.6 Å². The van der Waals surface area contributed by atoms with Crippen LogP contribution >= 0.6 is 0 Å². The molecule has 0 aliphatic heterocycles. The Morgan fingerprint density at radius 3 is 2.32 bits per heavy atom. The minimum Gasteiger partial charge on any atom is -0.323 e. The van der Waals surface area contributed by atoms with E-state index in [1.54, 1.807) is 18.2 Å². The van der Waals surface area contributed by atoms with Crippen LogP contribution in [0.5, 0.6) is 0 Å².